The number of halogens is 1. The number of rotatable bonds is 3. The normalized spacial score (nSPS) is 16.9. The molecule has 1 saturated heterocycles. The molecule has 144 valence electrons. The second-order valence-corrected chi connectivity index (χ2v) is 7.55. The summed E-state index contributed by atoms with van der Waals surface area (Å²) in [4.78, 5) is 34.6. The molecule has 2 heterocycles. The van der Waals surface area contributed by atoms with E-state index in [1.54, 1.807) is 6.07 Å². The summed E-state index contributed by atoms with van der Waals surface area (Å²) >= 11 is 6.15. The molecule has 1 fully saturated rings. The van der Waals surface area contributed by atoms with Crippen molar-refractivity contribution in [3.8, 4) is 0 Å². The standard InChI is InChI=1S/C21H21ClN4O2/c1-13-8-9-15(11-16(13)22)23-20(27)14-5-4-10-26(12-14)19-21(28)25-18-7-3-2-6-17(18)24-19/h2-3,6-9,11,14H,4-5,10,12H2,1H3,(H,23,27)(H,25,28)/t14-/m0/s1. The Balaban J connectivity index is 1.52. The number of aryl methyl sites for hydroxylation is 1. The lowest BCUT2D eigenvalue weighted by molar-refractivity contribution is -0.120. The van der Waals surface area contributed by atoms with E-state index in [0.717, 1.165) is 23.9 Å². The minimum atomic E-state index is -0.231. The number of fused-ring (bicyclic) bond motifs is 1. The molecule has 4 rings (SSSR count). The van der Waals surface area contributed by atoms with Gasteiger partial charge < -0.3 is 15.2 Å². The number of para-hydroxylation sites is 2. The lowest BCUT2D eigenvalue weighted by Crippen LogP contribution is -2.43. The maximum absolute atomic E-state index is 12.8. The second-order valence-electron chi connectivity index (χ2n) is 7.15. The zero-order chi connectivity index (χ0) is 19.7. The molecule has 0 aliphatic carbocycles. The summed E-state index contributed by atoms with van der Waals surface area (Å²) in [6, 6.07) is 12.9. The molecule has 1 aliphatic rings. The van der Waals surface area contributed by atoms with Crippen LogP contribution in [0.3, 0.4) is 0 Å². The number of carbonyl (C=O) groups is 1. The predicted molar refractivity (Wildman–Crippen MR) is 112 cm³/mol. The first kappa shape index (κ1) is 18.5. The van der Waals surface area contributed by atoms with E-state index in [0.29, 0.717) is 35.1 Å². The molecular formula is C21H21ClN4O2. The van der Waals surface area contributed by atoms with Gasteiger partial charge in [-0.05, 0) is 49.6 Å². The van der Waals surface area contributed by atoms with E-state index in [1.807, 2.05) is 48.2 Å². The van der Waals surface area contributed by atoms with Gasteiger partial charge in [0.1, 0.15) is 0 Å². The summed E-state index contributed by atoms with van der Waals surface area (Å²) in [5, 5.41) is 3.56. The SMILES string of the molecule is Cc1ccc(NC(=O)[C@H]2CCCN(c3nc4ccccc4[nH]c3=O)C2)cc1Cl. The van der Waals surface area contributed by atoms with Gasteiger partial charge in [0.2, 0.25) is 5.91 Å². The van der Waals surface area contributed by atoms with Gasteiger partial charge in [-0.3, -0.25) is 9.59 Å². The molecule has 1 aromatic heterocycles. The van der Waals surface area contributed by atoms with E-state index in [1.165, 1.54) is 0 Å². The Bertz CT molecular complexity index is 1100. The Kier molecular flexibility index (Phi) is 5.05. The van der Waals surface area contributed by atoms with Crippen molar-refractivity contribution in [2.24, 2.45) is 5.92 Å². The third-order valence-corrected chi connectivity index (χ3v) is 5.52. The number of benzene rings is 2. The highest BCUT2D eigenvalue weighted by atomic mass is 35.5. The highest BCUT2D eigenvalue weighted by Gasteiger charge is 2.28. The van der Waals surface area contributed by atoms with Crippen molar-refractivity contribution in [1.82, 2.24) is 9.97 Å². The number of nitrogens with zero attached hydrogens (tertiary/aromatic N) is 2. The summed E-state index contributed by atoms with van der Waals surface area (Å²) in [7, 11) is 0. The molecule has 28 heavy (non-hydrogen) atoms. The Labute approximate surface area is 167 Å². The Morgan fingerprint density at radius 1 is 1.29 bits per heavy atom. The van der Waals surface area contributed by atoms with Gasteiger partial charge in [-0.2, -0.15) is 0 Å². The first-order chi connectivity index (χ1) is 13.5. The molecule has 0 radical (unpaired) electrons. The van der Waals surface area contributed by atoms with Crippen molar-refractivity contribution in [2.75, 3.05) is 23.3 Å². The quantitative estimate of drug-likeness (QED) is 0.706. The third kappa shape index (κ3) is 3.73. The van der Waals surface area contributed by atoms with E-state index in [4.69, 9.17) is 11.6 Å². The summed E-state index contributed by atoms with van der Waals surface area (Å²) in [5.74, 6) is 0.0814. The van der Waals surface area contributed by atoms with E-state index in [9.17, 15) is 9.59 Å². The lowest BCUT2D eigenvalue weighted by atomic mass is 9.97. The molecular weight excluding hydrogens is 376 g/mol. The highest BCUT2D eigenvalue weighted by Crippen LogP contribution is 2.24. The van der Waals surface area contributed by atoms with Crippen molar-refractivity contribution in [3.05, 3.63) is 63.4 Å². The van der Waals surface area contributed by atoms with Crippen molar-refractivity contribution >= 4 is 40.0 Å². The van der Waals surface area contributed by atoms with Crippen LogP contribution < -0.4 is 15.8 Å². The highest BCUT2D eigenvalue weighted by molar-refractivity contribution is 6.31. The molecule has 3 aromatic rings. The maximum Gasteiger partial charge on any atom is 0.291 e. The number of aromatic amines is 1. The van der Waals surface area contributed by atoms with Crippen LogP contribution in [0.1, 0.15) is 18.4 Å². The Morgan fingerprint density at radius 2 is 2.11 bits per heavy atom. The number of anilines is 2. The van der Waals surface area contributed by atoms with Crippen LogP contribution in [0, 0.1) is 12.8 Å². The molecule has 0 bridgehead atoms. The molecule has 0 unspecified atom stereocenters. The largest absolute Gasteiger partial charge is 0.351 e. The fraction of sp³-hybridized carbons (Fsp3) is 0.286. The average molecular weight is 397 g/mol. The Hall–Kier alpha value is -2.86. The van der Waals surface area contributed by atoms with E-state index in [-0.39, 0.29) is 17.4 Å². The van der Waals surface area contributed by atoms with Gasteiger partial charge in [0.25, 0.3) is 5.56 Å². The smallest absolute Gasteiger partial charge is 0.291 e. The van der Waals surface area contributed by atoms with Crippen molar-refractivity contribution in [3.63, 3.8) is 0 Å². The third-order valence-electron chi connectivity index (χ3n) is 5.11. The van der Waals surface area contributed by atoms with Crippen LogP contribution in [-0.4, -0.2) is 29.0 Å². The average Bonchev–Trinajstić information content (AvgIpc) is 2.70. The fourth-order valence-corrected chi connectivity index (χ4v) is 3.71. The molecule has 2 N–H and O–H groups in total. The van der Waals surface area contributed by atoms with Crippen molar-refractivity contribution in [2.45, 2.75) is 19.8 Å². The number of piperidine rings is 1. The maximum atomic E-state index is 12.8. The summed E-state index contributed by atoms with van der Waals surface area (Å²) in [6.07, 6.45) is 1.59. The molecule has 0 spiro atoms. The first-order valence-corrected chi connectivity index (χ1v) is 9.70. The molecule has 6 nitrogen and oxygen atoms in total. The number of H-pyrrole nitrogens is 1. The zero-order valence-electron chi connectivity index (χ0n) is 15.5. The zero-order valence-corrected chi connectivity index (χ0v) is 16.3. The van der Waals surface area contributed by atoms with Gasteiger partial charge in [0.05, 0.1) is 17.0 Å². The summed E-state index contributed by atoms with van der Waals surface area (Å²) in [5.41, 5.74) is 2.85. The summed E-state index contributed by atoms with van der Waals surface area (Å²) in [6.45, 7) is 3.08. The van der Waals surface area contributed by atoms with E-state index < -0.39 is 0 Å². The van der Waals surface area contributed by atoms with E-state index >= 15 is 0 Å². The Morgan fingerprint density at radius 3 is 2.93 bits per heavy atom. The van der Waals surface area contributed by atoms with Gasteiger partial charge in [-0.15, -0.1) is 0 Å². The van der Waals surface area contributed by atoms with Crippen LogP contribution in [0.4, 0.5) is 11.5 Å². The van der Waals surface area contributed by atoms with Crippen LogP contribution in [0.25, 0.3) is 11.0 Å². The van der Waals surface area contributed by atoms with E-state index in [2.05, 4.69) is 15.3 Å². The molecule has 0 saturated carbocycles. The van der Waals surface area contributed by atoms with Gasteiger partial charge >= 0.3 is 0 Å². The van der Waals surface area contributed by atoms with Crippen LogP contribution >= 0.6 is 11.6 Å². The molecule has 1 amide bonds. The molecule has 2 aromatic carbocycles. The van der Waals surface area contributed by atoms with Crippen LogP contribution in [-0.2, 0) is 4.79 Å². The number of aromatic nitrogens is 2. The van der Waals surface area contributed by atoms with Crippen LogP contribution in [0.15, 0.2) is 47.3 Å². The molecule has 1 aliphatic heterocycles. The second kappa shape index (κ2) is 7.64. The monoisotopic (exact) mass is 396 g/mol. The van der Waals surface area contributed by atoms with Gasteiger partial charge in [-0.1, -0.05) is 29.8 Å². The summed E-state index contributed by atoms with van der Waals surface area (Å²) < 4.78 is 0. The lowest BCUT2D eigenvalue weighted by Gasteiger charge is -2.32. The number of hydrogen-bond acceptors (Lipinski definition) is 4. The fourth-order valence-electron chi connectivity index (χ4n) is 3.53. The minimum absolute atomic E-state index is 0.0677. The predicted octanol–water partition coefficient (Wildman–Crippen LogP) is 3.74. The number of amides is 1. The van der Waals surface area contributed by atoms with Crippen molar-refractivity contribution < 1.29 is 4.79 Å². The number of nitrogens with one attached hydrogen (secondary N) is 2. The number of hydrogen-bond donors (Lipinski definition) is 2. The molecule has 7 heteroatoms. The van der Waals surface area contributed by atoms with Crippen molar-refractivity contribution in [1.29, 1.82) is 0 Å². The topological polar surface area (TPSA) is 78.1 Å². The van der Waals surface area contributed by atoms with Gasteiger partial charge in [0.15, 0.2) is 5.82 Å². The molecule has 1 atom stereocenters. The van der Waals surface area contributed by atoms with Gasteiger partial charge in [-0.25, -0.2) is 4.98 Å². The first-order valence-electron chi connectivity index (χ1n) is 9.32. The van der Waals surface area contributed by atoms with Crippen LogP contribution in [0.5, 0.6) is 0 Å². The van der Waals surface area contributed by atoms with Crippen LogP contribution in [0.2, 0.25) is 5.02 Å². The van der Waals surface area contributed by atoms with Gasteiger partial charge in [0, 0.05) is 23.8 Å². The number of carbonyl (C=O) groups excluding carboxylic acids is 1. The minimum Gasteiger partial charge on any atom is -0.351 e.